The molecule has 76 valence electrons. The van der Waals surface area contributed by atoms with Gasteiger partial charge in [-0.2, -0.15) is 0 Å². The van der Waals surface area contributed by atoms with Gasteiger partial charge in [0.2, 0.25) is 0 Å². The molecule has 14 heavy (non-hydrogen) atoms. The van der Waals surface area contributed by atoms with E-state index in [0.29, 0.717) is 0 Å². The van der Waals surface area contributed by atoms with Crippen LogP contribution in [0.3, 0.4) is 0 Å². The Morgan fingerprint density at radius 3 is 3.14 bits per heavy atom. The summed E-state index contributed by atoms with van der Waals surface area (Å²) in [5.41, 5.74) is 2.32. The normalized spacial score (nSPS) is 19.4. The van der Waals surface area contributed by atoms with E-state index in [9.17, 15) is 5.11 Å². The van der Waals surface area contributed by atoms with Crippen LogP contribution in [-0.2, 0) is 6.42 Å². The molecule has 2 rings (SSSR count). The second-order valence-electron chi connectivity index (χ2n) is 3.76. The fraction of sp³-hybridized carbons (Fsp3) is 0.500. The summed E-state index contributed by atoms with van der Waals surface area (Å²) < 4.78 is 5.53. The van der Waals surface area contributed by atoms with Gasteiger partial charge in [-0.1, -0.05) is 13.0 Å². The van der Waals surface area contributed by atoms with Crippen molar-refractivity contribution in [1.29, 1.82) is 0 Å². The number of aryl methyl sites for hydroxylation is 1. The van der Waals surface area contributed by atoms with E-state index in [1.807, 2.05) is 12.1 Å². The third kappa shape index (κ3) is 1.75. The first-order valence-electron chi connectivity index (χ1n) is 5.25. The molecule has 0 saturated heterocycles. The van der Waals surface area contributed by atoms with Gasteiger partial charge >= 0.3 is 0 Å². The number of rotatable bonds is 3. The SMILES string of the molecule is CCCOc1ccc2c(c1)CCC2O. The van der Waals surface area contributed by atoms with Crippen LogP contribution in [0.15, 0.2) is 18.2 Å². The molecular formula is C12H16O2. The van der Waals surface area contributed by atoms with Crippen molar-refractivity contribution < 1.29 is 9.84 Å². The monoisotopic (exact) mass is 192 g/mol. The van der Waals surface area contributed by atoms with Gasteiger partial charge in [0.25, 0.3) is 0 Å². The highest BCUT2D eigenvalue weighted by molar-refractivity contribution is 5.39. The molecule has 0 amide bonds. The fourth-order valence-corrected chi connectivity index (χ4v) is 1.88. The van der Waals surface area contributed by atoms with Crippen molar-refractivity contribution in [3.8, 4) is 5.75 Å². The second-order valence-corrected chi connectivity index (χ2v) is 3.76. The van der Waals surface area contributed by atoms with Gasteiger partial charge in [0.15, 0.2) is 0 Å². The maximum Gasteiger partial charge on any atom is 0.119 e. The van der Waals surface area contributed by atoms with Crippen LogP contribution in [0, 0.1) is 0 Å². The van der Waals surface area contributed by atoms with Crippen molar-refractivity contribution in [2.24, 2.45) is 0 Å². The van der Waals surface area contributed by atoms with E-state index < -0.39 is 0 Å². The summed E-state index contributed by atoms with van der Waals surface area (Å²) in [5, 5.41) is 9.61. The van der Waals surface area contributed by atoms with Gasteiger partial charge in [0.05, 0.1) is 12.7 Å². The van der Waals surface area contributed by atoms with Gasteiger partial charge in [0, 0.05) is 0 Å². The summed E-state index contributed by atoms with van der Waals surface area (Å²) in [5.74, 6) is 0.930. The summed E-state index contributed by atoms with van der Waals surface area (Å²) in [6, 6.07) is 5.99. The fourth-order valence-electron chi connectivity index (χ4n) is 1.88. The molecule has 1 aromatic carbocycles. The number of aliphatic hydroxyl groups excluding tert-OH is 1. The zero-order valence-electron chi connectivity index (χ0n) is 8.49. The summed E-state index contributed by atoms with van der Waals surface area (Å²) in [6.07, 6.45) is 2.59. The Labute approximate surface area is 84.5 Å². The van der Waals surface area contributed by atoms with Crippen LogP contribution < -0.4 is 4.74 Å². The Hall–Kier alpha value is -1.02. The molecule has 0 aromatic heterocycles. The Morgan fingerprint density at radius 2 is 2.36 bits per heavy atom. The summed E-state index contributed by atoms with van der Waals surface area (Å²) >= 11 is 0. The maximum atomic E-state index is 9.61. The van der Waals surface area contributed by atoms with Crippen LogP contribution >= 0.6 is 0 Å². The molecule has 0 spiro atoms. The number of benzene rings is 1. The topological polar surface area (TPSA) is 29.5 Å². The molecule has 0 radical (unpaired) electrons. The lowest BCUT2D eigenvalue weighted by molar-refractivity contribution is 0.180. The lowest BCUT2D eigenvalue weighted by Crippen LogP contribution is -1.96. The van der Waals surface area contributed by atoms with Gasteiger partial charge < -0.3 is 9.84 Å². The first-order valence-corrected chi connectivity index (χ1v) is 5.25. The Bertz CT molecular complexity index is 320. The molecular weight excluding hydrogens is 176 g/mol. The summed E-state index contributed by atoms with van der Waals surface area (Å²) in [4.78, 5) is 0. The summed E-state index contributed by atoms with van der Waals surface area (Å²) in [6.45, 7) is 2.86. The zero-order chi connectivity index (χ0) is 9.97. The molecule has 2 heteroatoms. The van der Waals surface area contributed by atoms with Crippen LogP contribution in [0.4, 0.5) is 0 Å². The van der Waals surface area contributed by atoms with E-state index in [0.717, 1.165) is 37.2 Å². The molecule has 1 atom stereocenters. The highest BCUT2D eigenvalue weighted by Gasteiger charge is 2.20. The molecule has 1 aliphatic rings. The number of aliphatic hydroxyl groups is 1. The predicted octanol–water partition coefficient (Wildman–Crippen LogP) is 2.46. The molecule has 2 nitrogen and oxygen atoms in total. The van der Waals surface area contributed by atoms with Crippen molar-refractivity contribution in [3.05, 3.63) is 29.3 Å². The number of hydrogen-bond donors (Lipinski definition) is 1. The van der Waals surface area contributed by atoms with Gasteiger partial charge in [-0.3, -0.25) is 0 Å². The number of fused-ring (bicyclic) bond motifs is 1. The predicted molar refractivity (Wildman–Crippen MR) is 55.5 cm³/mol. The van der Waals surface area contributed by atoms with Crippen molar-refractivity contribution in [2.45, 2.75) is 32.3 Å². The molecule has 0 bridgehead atoms. The van der Waals surface area contributed by atoms with Crippen LogP contribution in [0.5, 0.6) is 5.75 Å². The third-order valence-electron chi connectivity index (χ3n) is 2.63. The standard InChI is InChI=1S/C12H16O2/c1-2-7-14-10-4-5-11-9(8-10)3-6-12(11)13/h4-5,8,12-13H,2-3,6-7H2,1H3. The van der Waals surface area contributed by atoms with Crippen LogP contribution in [0.25, 0.3) is 0 Å². The van der Waals surface area contributed by atoms with Gasteiger partial charge in [-0.25, -0.2) is 0 Å². The Balaban J connectivity index is 2.15. The molecule has 1 N–H and O–H groups in total. The third-order valence-corrected chi connectivity index (χ3v) is 2.63. The lowest BCUT2D eigenvalue weighted by atomic mass is 10.1. The second kappa shape index (κ2) is 4.01. The van der Waals surface area contributed by atoms with E-state index in [2.05, 4.69) is 13.0 Å². The molecule has 0 aliphatic heterocycles. The van der Waals surface area contributed by atoms with Crippen molar-refractivity contribution in [2.75, 3.05) is 6.61 Å². The van der Waals surface area contributed by atoms with E-state index in [1.54, 1.807) is 0 Å². The molecule has 0 heterocycles. The minimum Gasteiger partial charge on any atom is -0.494 e. The lowest BCUT2D eigenvalue weighted by Gasteiger charge is -2.07. The quantitative estimate of drug-likeness (QED) is 0.797. The molecule has 1 unspecified atom stereocenters. The van der Waals surface area contributed by atoms with Crippen LogP contribution in [-0.4, -0.2) is 11.7 Å². The smallest absolute Gasteiger partial charge is 0.119 e. The molecule has 0 saturated carbocycles. The van der Waals surface area contributed by atoms with E-state index in [1.165, 1.54) is 5.56 Å². The van der Waals surface area contributed by atoms with E-state index in [4.69, 9.17) is 4.74 Å². The van der Waals surface area contributed by atoms with Crippen molar-refractivity contribution >= 4 is 0 Å². The summed E-state index contributed by atoms with van der Waals surface area (Å²) in [7, 11) is 0. The van der Waals surface area contributed by atoms with E-state index >= 15 is 0 Å². The van der Waals surface area contributed by atoms with Gasteiger partial charge in [-0.15, -0.1) is 0 Å². The Kier molecular flexibility index (Phi) is 2.73. The van der Waals surface area contributed by atoms with Crippen LogP contribution in [0.1, 0.15) is 37.0 Å². The number of hydrogen-bond acceptors (Lipinski definition) is 2. The van der Waals surface area contributed by atoms with E-state index in [-0.39, 0.29) is 6.10 Å². The maximum absolute atomic E-state index is 9.61. The molecule has 1 aliphatic carbocycles. The highest BCUT2D eigenvalue weighted by Crippen LogP contribution is 2.33. The molecule has 1 aromatic rings. The van der Waals surface area contributed by atoms with Crippen molar-refractivity contribution in [3.63, 3.8) is 0 Å². The van der Waals surface area contributed by atoms with Crippen LogP contribution in [0.2, 0.25) is 0 Å². The average Bonchev–Trinajstić information content (AvgIpc) is 2.57. The number of ether oxygens (including phenoxy) is 1. The minimum atomic E-state index is -0.259. The van der Waals surface area contributed by atoms with Gasteiger partial charge in [-0.05, 0) is 42.5 Å². The largest absolute Gasteiger partial charge is 0.494 e. The molecule has 0 fully saturated rings. The highest BCUT2D eigenvalue weighted by atomic mass is 16.5. The average molecular weight is 192 g/mol. The minimum absolute atomic E-state index is 0.259. The first-order chi connectivity index (χ1) is 6.81. The zero-order valence-corrected chi connectivity index (χ0v) is 8.49. The van der Waals surface area contributed by atoms with Crippen molar-refractivity contribution in [1.82, 2.24) is 0 Å². The Morgan fingerprint density at radius 1 is 1.50 bits per heavy atom. The van der Waals surface area contributed by atoms with Gasteiger partial charge in [0.1, 0.15) is 5.75 Å². The first kappa shape index (κ1) is 9.53.